The summed E-state index contributed by atoms with van der Waals surface area (Å²) < 4.78 is 26.2. The molecule has 0 bridgehead atoms. The first-order valence-electron chi connectivity index (χ1n) is 10.2. The van der Waals surface area contributed by atoms with Crippen LogP contribution in [0.2, 0.25) is 0 Å². The molecule has 1 N–H and O–H groups in total. The molecule has 33 heavy (non-hydrogen) atoms. The van der Waals surface area contributed by atoms with Crippen LogP contribution in [0.3, 0.4) is 0 Å². The fourth-order valence-corrected chi connectivity index (χ4v) is 4.23. The molecule has 2 aromatic carbocycles. The van der Waals surface area contributed by atoms with E-state index < -0.39 is 0 Å². The van der Waals surface area contributed by atoms with Gasteiger partial charge in [0.25, 0.3) is 0 Å². The monoisotopic (exact) mass is 466 g/mol. The van der Waals surface area contributed by atoms with Gasteiger partial charge in [-0.25, -0.2) is 13.9 Å². The lowest BCUT2D eigenvalue weighted by atomic mass is 10.1. The first-order valence-corrected chi connectivity index (χ1v) is 11.1. The number of carbonyl (C=O) groups excluding carboxylic acids is 1. The first kappa shape index (κ1) is 22.6. The number of hydrogen-bond donors (Lipinski definition) is 1. The van der Waals surface area contributed by atoms with Gasteiger partial charge in [-0.2, -0.15) is 5.10 Å². The first-order chi connectivity index (χ1) is 15.9. The summed E-state index contributed by atoms with van der Waals surface area (Å²) in [5.41, 5.74) is 4.14. The van der Waals surface area contributed by atoms with Crippen LogP contribution in [0, 0.1) is 19.7 Å². The number of aryl methyl sites for hydroxylation is 2. The number of ether oxygens (including phenoxy) is 2. The highest BCUT2D eigenvalue weighted by Crippen LogP contribution is 2.34. The number of nitrogens with one attached hydrogen (secondary N) is 1. The van der Waals surface area contributed by atoms with Crippen molar-refractivity contribution in [2.45, 2.75) is 18.9 Å². The molecule has 0 radical (unpaired) electrons. The number of methoxy groups -OCH3 is 2. The van der Waals surface area contributed by atoms with Crippen LogP contribution in [0.15, 0.2) is 53.7 Å². The Morgan fingerprint density at radius 2 is 1.88 bits per heavy atom. The van der Waals surface area contributed by atoms with Crippen molar-refractivity contribution in [3.05, 3.63) is 65.7 Å². The number of nitrogens with zero attached hydrogens (tertiary/aromatic N) is 3. The largest absolute Gasteiger partial charge is 0.493 e. The molecule has 4 aromatic rings. The molecule has 0 saturated heterocycles. The van der Waals surface area contributed by atoms with Gasteiger partial charge in [-0.15, -0.1) is 0 Å². The number of benzene rings is 2. The molecular formula is C24H23FN4O3S. The van der Waals surface area contributed by atoms with Crippen molar-refractivity contribution in [2.24, 2.45) is 0 Å². The van der Waals surface area contributed by atoms with Crippen LogP contribution in [-0.4, -0.2) is 40.5 Å². The average Bonchev–Trinajstić information content (AvgIpc) is 3.23. The van der Waals surface area contributed by atoms with Crippen molar-refractivity contribution in [1.29, 1.82) is 0 Å². The maximum Gasteiger partial charge on any atom is 0.234 e. The summed E-state index contributed by atoms with van der Waals surface area (Å²) in [5.74, 6) is 0.794. The molecular weight excluding hydrogens is 443 g/mol. The Bertz CT molecular complexity index is 1340. The van der Waals surface area contributed by atoms with E-state index in [1.807, 2.05) is 31.2 Å². The Morgan fingerprint density at radius 1 is 1.09 bits per heavy atom. The molecule has 170 valence electrons. The Morgan fingerprint density at radius 3 is 2.61 bits per heavy atom. The van der Waals surface area contributed by atoms with Gasteiger partial charge in [0.1, 0.15) is 10.8 Å². The van der Waals surface area contributed by atoms with Gasteiger partial charge in [-0.05, 0) is 55.3 Å². The smallest absolute Gasteiger partial charge is 0.234 e. The summed E-state index contributed by atoms with van der Waals surface area (Å²) in [4.78, 5) is 17.1. The van der Waals surface area contributed by atoms with E-state index in [1.54, 1.807) is 44.0 Å². The van der Waals surface area contributed by atoms with Crippen LogP contribution in [0.1, 0.15) is 11.3 Å². The maximum absolute atomic E-state index is 13.7. The van der Waals surface area contributed by atoms with Crippen LogP contribution in [-0.2, 0) is 4.79 Å². The van der Waals surface area contributed by atoms with E-state index in [-0.39, 0.29) is 17.5 Å². The predicted octanol–water partition coefficient (Wildman–Crippen LogP) is 4.90. The molecule has 9 heteroatoms. The minimum absolute atomic E-state index is 0.138. The molecule has 2 aromatic heterocycles. The second kappa shape index (κ2) is 9.50. The highest BCUT2D eigenvalue weighted by atomic mass is 32.2. The molecule has 4 rings (SSSR count). The van der Waals surface area contributed by atoms with Crippen molar-refractivity contribution in [1.82, 2.24) is 14.6 Å². The lowest BCUT2D eigenvalue weighted by Gasteiger charge is -2.10. The van der Waals surface area contributed by atoms with Gasteiger partial charge in [-0.1, -0.05) is 23.9 Å². The fraction of sp³-hybridized carbons (Fsp3) is 0.208. The van der Waals surface area contributed by atoms with E-state index >= 15 is 0 Å². The number of fused-ring (bicyclic) bond motifs is 1. The summed E-state index contributed by atoms with van der Waals surface area (Å²) in [6.07, 6.45) is 1.74. The number of thioether (sulfide) groups is 1. The van der Waals surface area contributed by atoms with Crippen molar-refractivity contribution >= 4 is 29.0 Å². The third kappa shape index (κ3) is 4.78. The highest BCUT2D eigenvalue weighted by molar-refractivity contribution is 7.99. The second-order valence-corrected chi connectivity index (χ2v) is 8.40. The number of halogens is 1. The third-order valence-corrected chi connectivity index (χ3v) is 6.06. The zero-order chi connectivity index (χ0) is 23.5. The summed E-state index contributed by atoms with van der Waals surface area (Å²) in [6, 6.07) is 12.1. The van der Waals surface area contributed by atoms with Crippen LogP contribution >= 0.6 is 11.8 Å². The molecule has 7 nitrogen and oxygen atoms in total. The number of rotatable bonds is 7. The zero-order valence-electron chi connectivity index (χ0n) is 18.7. The van der Waals surface area contributed by atoms with E-state index in [0.29, 0.717) is 28.4 Å². The number of carbonyl (C=O) groups is 1. The van der Waals surface area contributed by atoms with Gasteiger partial charge in [0.15, 0.2) is 17.1 Å². The van der Waals surface area contributed by atoms with E-state index in [1.165, 1.54) is 17.8 Å². The minimum Gasteiger partial charge on any atom is -0.493 e. The summed E-state index contributed by atoms with van der Waals surface area (Å²) in [5, 5.41) is 8.00. The van der Waals surface area contributed by atoms with E-state index in [0.717, 1.165) is 21.8 Å². The van der Waals surface area contributed by atoms with Gasteiger partial charge in [-0.3, -0.25) is 4.79 Å². The SMILES string of the molecule is COc1ccc(-c2cnn3c(SCC(=O)Nc4ccc(C)c(F)c4)cc(C)nc23)cc1OC. The molecule has 0 aliphatic rings. The highest BCUT2D eigenvalue weighted by Gasteiger charge is 2.15. The Balaban J connectivity index is 1.57. The minimum atomic E-state index is -0.355. The van der Waals surface area contributed by atoms with Crippen LogP contribution < -0.4 is 14.8 Å². The zero-order valence-corrected chi connectivity index (χ0v) is 19.5. The molecule has 0 aliphatic carbocycles. The quantitative estimate of drug-likeness (QED) is 0.308. The maximum atomic E-state index is 13.7. The van der Waals surface area contributed by atoms with Gasteiger partial charge < -0.3 is 14.8 Å². The molecule has 0 spiro atoms. The van der Waals surface area contributed by atoms with Crippen molar-refractivity contribution in [2.75, 3.05) is 25.3 Å². The Kier molecular flexibility index (Phi) is 6.50. The van der Waals surface area contributed by atoms with Gasteiger partial charge in [0, 0.05) is 16.9 Å². The van der Waals surface area contributed by atoms with E-state index in [2.05, 4.69) is 15.4 Å². The van der Waals surface area contributed by atoms with Crippen molar-refractivity contribution in [3.8, 4) is 22.6 Å². The lowest BCUT2D eigenvalue weighted by molar-refractivity contribution is -0.113. The number of hydrogen-bond acceptors (Lipinski definition) is 6. The Hall–Kier alpha value is -3.59. The van der Waals surface area contributed by atoms with Crippen molar-refractivity contribution < 1.29 is 18.7 Å². The van der Waals surface area contributed by atoms with Crippen LogP contribution in [0.4, 0.5) is 10.1 Å². The molecule has 0 saturated carbocycles. The molecule has 0 unspecified atom stereocenters. The fourth-order valence-electron chi connectivity index (χ4n) is 3.37. The van der Waals surface area contributed by atoms with Gasteiger partial charge in [0.05, 0.1) is 26.2 Å². The number of amides is 1. The van der Waals surface area contributed by atoms with Crippen molar-refractivity contribution in [3.63, 3.8) is 0 Å². The lowest BCUT2D eigenvalue weighted by Crippen LogP contribution is -2.14. The Labute approximate surface area is 194 Å². The average molecular weight is 467 g/mol. The normalized spacial score (nSPS) is 10.9. The van der Waals surface area contributed by atoms with Gasteiger partial charge >= 0.3 is 0 Å². The van der Waals surface area contributed by atoms with E-state index in [9.17, 15) is 9.18 Å². The molecule has 0 fully saturated rings. The second-order valence-electron chi connectivity index (χ2n) is 7.40. The van der Waals surface area contributed by atoms with Crippen LogP contribution in [0.25, 0.3) is 16.8 Å². The summed E-state index contributed by atoms with van der Waals surface area (Å²) in [7, 11) is 3.18. The topological polar surface area (TPSA) is 77.8 Å². The number of anilines is 1. The standard InChI is InChI=1S/C24H23FN4O3S/c1-14-5-7-17(11-19(14)25)28-22(30)13-33-23-9-15(2)27-24-18(12-26-29(23)24)16-6-8-20(31-3)21(10-16)32-4/h5-12H,13H2,1-4H3,(H,28,30). The molecule has 0 atom stereocenters. The third-order valence-electron chi connectivity index (χ3n) is 5.07. The molecule has 2 heterocycles. The van der Waals surface area contributed by atoms with Gasteiger partial charge in [0.2, 0.25) is 5.91 Å². The summed E-state index contributed by atoms with van der Waals surface area (Å²) >= 11 is 1.33. The summed E-state index contributed by atoms with van der Waals surface area (Å²) in [6.45, 7) is 3.57. The molecule has 0 aliphatic heterocycles. The molecule has 1 amide bonds. The predicted molar refractivity (Wildman–Crippen MR) is 127 cm³/mol. The number of aromatic nitrogens is 3. The van der Waals surface area contributed by atoms with E-state index in [4.69, 9.17) is 9.47 Å². The van der Waals surface area contributed by atoms with Crippen LogP contribution in [0.5, 0.6) is 11.5 Å².